The van der Waals surface area contributed by atoms with Gasteiger partial charge in [-0.2, -0.15) is 0 Å². The molecular formula is C17H26N4. The van der Waals surface area contributed by atoms with Crippen molar-refractivity contribution in [2.24, 2.45) is 4.99 Å². The van der Waals surface area contributed by atoms with E-state index in [4.69, 9.17) is 4.99 Å². The first-order valence-corrected chi connectivity index (χ1v) is 8.14. The molecule has 0 saturated heterocycles. The normalized spacial score (nSPS) is 18.4. The van der Waals surface area contributed by atoms with Crippen LogP contribution >= 0.6 is 0 Å². The Morgan fingerprint density at radius 1 is 1.38 bits per heavy atom. The third-order valence-corrected chi connectivity index (χ3v) is 4.18. The van der Waals surface area contributed by atoms with Crippen LogP contribution in [0.2, 0.25) is 0 Å². The number of hydrogen-bond acceptors (Lipinski definition) is 2. The van der Waals surface area contributed by atoms with Crippen LogP contribution in [0.25, 0.3) is 0 Å². The molecule has 4 nitrogen and oxygen atoms in total. The summed E-state index contributed by atoms with van der Waals surface area (Å²) < 4.78 is 0. The van der Waals surface area contributed by atoms with Crippen molar-refractivity contribution in [2.75, 3.05) is 25.0 Å². The molecule has 1 heterocycles. The lowest BCUT2D eigenvalue weighted by Crippen LogP contribution is -2.38. The number of fused-ring (bicyclic) bond motifs is 1. The summed E-state index contributed by atoms with van der Waals surface area (Å²) in [6.07, 6.45) is 4.99. The Balaban J connectivity index is 1.68. The molecule has 0 unspecified atom stereocenters. The van der Waals surface area contributed by atoms with Gasteiger partial charge in [0.25, 0.3) is 0 Å². The molecule has 0 bridgehead atoms. The summed E-state index contributed by atoms with van der Waals surface area (Å²) in [5.41, 5.74) is 4.16. The fourth-order valence-corrected chi connectivity index (χ4v) is 2.85. The number of anilines is 1. The zero-order valence-corrected chi connectivity index (χ0v) is 13.2. The lowest BCUT2D eigenvalue weighted by molar-refractivity contribution is 0.742. The second-order valence-electron chi connectivity index (χ2n) is 6.10. The number of aryl methyl sites for hydroxylation is 1. The van der Waals surface area contributed by atoms with Crippen molar-refractivity contribution in [2.45, 2.75) is 45.2 Å². The highest BCUT2D eigenvalue weighted by molar-refractivity contribution is 5.80. The lowest BCUT2D eigenvalue weighted by atomic mass is 10.00. The van der Waals surface area contributed by atoms with E-state index in [0.717, 1.165) is 19.0 Å². The molecule has 0 spiro atoms. The van der Waals surface area contributed by atoms with Gasteiger partial charge >= 0.3 is 0 Å². The highest BCUT2D eigenvalue weighted by atomic mass is 15.2. The van der Waals surface area contributed by atoms with Crippen LogP contribution in [0.15, 0.2) is 23.2 Å². The summed E-state index contributed by atoms with van der Waals surface area (Å²) in [4.78, 5) is 7.06. The minimum Gasteiger partial charge on any atom is -0.374 e. The van der Waals surface area contributed by atoms with Crippen molar-refractivity contribution in [1.82, 2.24) is 10.6 Å². The van der Waals surface area contributed by atoms with Crippen molar-refractivity contribution in [1.29, 1.82) is 0 Å². The third-order valence-electron chi connectivity index (χ3n) is 4.18. The van der Waals surface area contributed by atoms with Gasteiger partial charge in [-0.1, -0.05) is 12.1 Å². The van der Waals surface area contributed by atoms with Gasteiger partial charge in [-0.15, -0.1) is 0 Å². The molecule has 21 heavy (non-hydrogen) atoms. The Morgan fingerprint density at radius 3 is 3.00 bits per heavy atom. The molecule has 1 aromatic carbocycles. The zero-order chi connectivity index (χ0) is 14.7. The monoisotopic (exact) mass is 286 g/mol. The predicted octanol–water partition coefficient (Wildman–Crippen LogP) is 2.29. The van der Waals surface area contributed by atoms with Crippen molar-refractivity contribution < 1.29 is 0 Å². The predicted molar refractivity (Wildman–Crippen MR) is 89.0 cm³/mol. The highest BCUT2D eigenvalue weighted by Gasteiger charge is 2.22. The van der Waals surface area contributed by atoms with E-state index in [1.54, 1.807) is 0 Å². The fourth-order valence-electron chi connectivity index (χ4n) is 2.85. The molecule has 1 aliphatic heterocycles. The van der Waals surface area contributed by atoms with Crippen molar-refractivity contribution in [3.8, 4) is 0 Å². The van der Waals surface area contributed by atoms with Crippen LogP contribution in [0.1, 0.15) is 37.3 Å². The van der Waals surface area contributed by atoms with E-state index in [0.29, 0.717) is 6.04 Å². The van der Waals surface area contributed by atoms with Gasteiger partial charge in [0.1, 0.15) is 0 Å². The van der Waals surface area contributed by atoms with Crippen molar-refractivity contribution >= 4 is 11.6 Å². The Bertz CT molecular complexity index is 520. The van der Waals surface area contributed by atoms with Gasteiger partial charge in [0, 0.05) is 31.9 Å². The molecular weight excluding hydrogens is 260 g/mol. The summed E-state index contributed by atoms with van der Waals surface area (Å²) in [6.45, 7) is 4.94. The first-order valence-electron chi connectivity index (χ1n) is 8.14. The van der Waals surface area contributed by atoms with Gasteiger partial charge in [-0.25, -0.2) is 4.99 Å². The fraction of sp³-hybridized carbons (Fsp3) is 0.588. The topological polar surface area (TPSA) is 39.7 Å². The van der Waals surface area contributed by atoms with E-state index in [9.17, 15) is 0 Å². The quantitative estimate of drug-likeness (QED) is 0.659. The summed E-state index contributed by atoms with van der Waals surface area (Å²) >= 11 is 0. The van der Waals surface area contributed by atoms with E-state index >= 15 is 0 Å². The van der Waals surface area contributed by atoms with Crippen LogP contribution < -0.4 is 15.5 Å². The first-order chi connectivity index (χ1) is 10.3. The largest absolute Gasteiger partial charge is 0.374 e. The number of rotatable bonds is 4. The maximum absolute atomic E-state index is 4.71. The van der Waals surface area contributed by atoms with Crippen LogP contribution in [0.4, 0.5) is 5.69 Å². The molecule has 0 radical (unpaired) electrons. The summed E-state index contributed by atoms with van der Waals surface area (Å²) in [6, 6.07) is 7.43. The van der Waals surface area contributed by atoms with E-state index in [1.165, 1.54) is 49.0 Å². The number of nitrogens with zero attached hydrogens (tertiary/aromatic N) is 2. The highest BCUT2D eigenvalue weighted by Crippen LogP contribution is 2.27. The Morgan fingerprint density at radius 2 is 2.24 bits per heavy atom. The van der Waals surface area contributed by atoms with Gasteiger partial charge in [-0.3, -0.25) is 0 Å². The molecule has 0 aromatic heterocycles. The molecule has 114 valence electrons. The molecule has 2 aliphatic rings. The average molecular weight is 286 g/mol. The van der Waals surface area contributed by atoms with E-state index in [-0.39, 0.29) is 0 Å². The zero-order valence-electron chi connectivity index (χ0n) is 13.2. The van der Waals surface area contributed by atoms with Gasteiger partial charge in [0.05, 0.1) is 6.54 Å². The number of hydrogen-bond donors (Lipinski definition) is 2. The summed E-state index contributed by atoms with van der Waals surface area (Å²) in [7, 11) is 2.18. The standard InChI is InChI=1S/C17H26N4/c1-3-18-17(20-15-7-8-15)19-12-13-6-9-16-14(11-13)5-4-10-21(16)2/h6,9,11,15H,3-5,7-8,10,12H2,1-2H3,(H2,18,19,20). The smallest absolute Gasteiger partial charge is 0.191 e. The second-order valence-corrected chi connectivity index (χ2v) is 6.10. The Labute approximate surface area is 127 Å². The molecule has 1 aliphatic carbocycles. The molecule has 1 fully saturated rings. The van der Waals surface area contributed by atoms with Crippen LogP contribution in [-0.4, -0.2) is 32.1 Å². The van der Waals surface area contributed by atoms with Gasteiger partial charge in [0.15, 0.2) is 5.96 Å². The molecule has 3 rings (SSSR count). The summed E-state index contributed by atoms with van der Waals surface area (Å²) in [5.74, 6) is 0.954. The molecule has 0 amide bonds. The van der Waals surface area contributed by atoms with Crippen molar-refractivity contribution in [3.05, 3.63) is 29.3 Å². The van der Waals surface area contributed by atoms with Gasteiger partial charge < -0.3 is 15.5 Å². The summed E-state index contributed by atoms with van der Waals surface area (Å²) in [5, 5.41) is 6.79. The minimum absolute atomic E-state index is 0.639. The number of nitrogens with one attached hydrogen (secondary N) is 2. The molecule has 1 aromatic rings. The van der Waals surface area contributed by atoms with Crippen molar-refractivity contribution in [3.63, 3.8) is 0 Å². The Kier molecular flexibility index (Phi) is 4.32. The minimum atomic E-state index is 0.639. The number of aliphatic imine (C=N–C) groups is 1. The Hall–Kier alpha value is -1.71. The average Bonchev–Trinajstić information content (AvgIpc) is 3.29. The van der Waals surface area contributed by atoms with Gasteiger partial charge in [0.2, 0.25) is 0 Å². The second kappa shape index (κ2) is 6.37. The first kappa shape index (κ1) is 14.2. The van der Waals surface area contributed by atoms with E-state index in [2.05, 4.69) is 47.7 Å². The van der Waals surface area contributed by atoms with Crippen LogP contribution in [-0.2, 0) is 13.0 Å². The van der Waals surface area contributed by atoms with Crippen LogP contribution in [0, 0.1) is 0 Å². The van der Waals surface area contributed by atoms with Crippen LogP contribution in [0.3, 0.4) is 0 Å². The SMILES string of the molecule is CCNC(=NCc1ccc2c(c1)CCCN2C)NC1CC1. The lowest BCUT2D eigenvalue weighted by Gasteiger charge is -2.27. The molecule has 4 heteroatoms. The van der Waals surface area contributed by atoms with Gasteiger partial charge in [-0.05, 0) is 49.8 Å². The van der Waals surface area contributed by atoms with E-state index < -0.39 is 0 Å². The number of benzene rings is 1. The maximum Gasteiger partial charge on any atom is 0.191 e. The molecule has 2 N–H and O–H groups in total. The molecule has 0 atom stereocenters. The number of guanidine groups is 1. The molecule has 1 saturated carbocycles. The third kappa shape index (κ3) is 3.69. The maximum atomic E-state index is 4.71. The van der Waals surface area contributed by atoms with Crippen LogP contribution in [0.5, 0.6) is 0 Å². The van der Waals surface area contributed by atoms with E-state index in [1.807, 2.05) is 0 Å².